The first kappa shape index (κ1) is 20.4. The van der Waals surface area contributed by atoms with Crippen molar-refractivity contribution in [1.82, 2.24) is 15.0 Å². The summed E-state index contributed by atoms with van der Waals surface area (Å²) >= 11 is 0. The number of nitrogens with zero attached hydrogens (tertiary/aromatic N) is 4. The highest BCUT2D eigenvalue weighted by molar-refractivity contribution is 6.02. The zero-order chi connectivity index (χ0) is 21.1. The lowest BCUT2D eigenvalue weighted by Gasteiger charge is -2.31. The van der Waals surface area contributed by atoms with Crippen LogP contribution in [0.1, 0.15) is 43.7 Å². The van der Waals surface area contributed by atoms with Crippen LogP contribution in [0.5, 0.6) is 0 Å². The lowest BCUT2D eigenvalue weighted by molar-refractivity contribution is -0.183. The number of anilines is 3. The van der Waals surface area contributed by atoms with Crippen molar-refractivity contribution in [3.63, 3.8) is 0 Å². The average Bonchev–Trinajstić information content (AvgIpc) is 2.96. The van der Waals surface area contributed by atoms with E-state index in [1.165, 1.54) is 17.4 Å². The molecule has 2 aliphatic rings. The van der Waals surface area contributed by atoms with E-state index in [9.17, 15) is 18.0 Å². The molecule has 1 aliphatic carbocycles. The summed E-state index contributed by atoms with van der Waals surface area (Å²) in [6, 6.07) is 4.78. The Morgan fingerprint density at radius 3 is 2.83 bits per heavy atom. The summed E-state index contributed by atoms with van der Waals surface area (Å²) in [5.74, 6) is -0.770. The Morgan fingerprint density at radius 1 is 1.20 bits per heavy atom. The van der Waals surface area contributed by atoms with Crippen molar-refractivity contribution < 1.29 is 18.0 Å². The van der Waals surface area contributed by atoms with Gasteiger partial charge in [-0.1, -0.05) is 6.42 Å². The van der Waals surface area contributed by atoms with Crippen molar-refractivity contribution in [2.75, 3.05) is 28.6 Å². The fourth-order valence-corrected chi connectivity index (χ4v) is 4.10. The Balaban J connectivity index is 1.59. The van der Waals surface area contributed by atoms with Crippen LogP contribution in [0.25, 0.3) is 0 Å². The third kappa shape index (κ3) is 4.47. The minimum Gasteiger partial charge on any atom is -0.382 e. The molecular weight excluding hydrogens is 397 g/mol. The van der Waals surface area contributed by atoms with Gasteiger partial charge in [-0.15, -0.1) is 0 Å². The Labute approximate surface area is 172 Å². The minimum absolute atomic E-state index is 0.0375. The summed E-state index contributed by atoms with van der Waals surface area (Å²) < 4.78 is 39.7. The van der Waals surface area contributed by atoms with Crippen LogP contribution < -0.4 is 15.5 Å². The van der Waals surface area contributed by atoms with Crippen LogP contribution in [0.3, 0.4) is 0 Å². The SMILES string of the molecule is O=C(Nc1ccncn1)N1CCCNc2ccc(C3CCCC(C(F)(F)F)C3)nc21. The number of alkyl halides is 3. The van der Waals surface area contributed by atoms with E-state index in [4.69, 9.17) is 0 Å². The number of aromatic nitrogens is 3. The fourth-order valence-electron chi connectivity index (χ4n) is 4.10. The Hall–Kier alpha value is -2.91. The minimum atomic E-state index is -4.19. The zero-order valence-electron chi connectivity index (χ0n) is 16.3. The van der Waals surface area contributed by atoms with Crippen LogP contribution in [0.15, 0.2) is 30.7 Å². The highest BCUT2D eigenvalue weighted by atomic mass is 19.4. The standard InChI is InChI=1S/C20H23F3N6O/c21-20(22,23)14-4-1-3-13(11-14)15-5-6-16-18(27-15)29(10-2-8-25-16)19(30)28-17-7-9-24-12-26-17/h5-7,9,12-14,25H,1-4,8,10-11H2,(H,24,26,28,30). The zero-order valence-corrected chi connectivity index (χ0v) is 16.3. The highest BCUT2D eigenvalue weighted by Crippen LogP contribution is 2.44. The first-order chi connectivity index (χ1) is 14.4. The molecule has 3 heterocycles. The molecule has 2 aromatic heterocycles. The molecule has 2 unspecified atom stereocenters. The van der Waals surface area contributed by atoms with E-state index in [1.807, 2.05) is 6.07 Å². The van der Waals surface area contributed by atoms with E-state index in [0.717, 1.165) is 0 Å². The molecule has 30 heavy (non-hydrogen) atoms. The molecular formula is C20H23F3N6O. The highest BCUT2D eigenvalue weighted by Gasteiger charge is 2.42. The molecule has 0 saturated heterocycles. The van der Waals surface area contributed by atoms with E-state index in [0.29, 0.717) is 55.4 Å². The normalized spacial score (nSPS) is 21.9. The van der Waals surface area contributed by atoms with Gasteiger partial charge in [0.25, 0.3) is 0 Å². The number of nitrogens with one attached hydrogen (secondary N) is 2. The molecule has 4 rings (SSSR count). The Bertz CT molecular complexity index is 892. The number of pyridine rings is 1. The summed E-state index contributed by atoms with van der Waals surface area (Å²) in [5.41, 5.74) is 1.29. The van der Waals surface area contributed by atoms with Gasteiger partial charge in [0.1, 0.15) is 12.1 Å². The van der Waals surface area contributed by atoms with Crippen molar-refractivity contribution in [2.24, 2.45) is 5.92 Å². The largest absolute Gasteiger partial charge is 0.391 e. The second-order valence-corrected chi connectivity index (χ2v) is 7.67. The van der Waals surface area contributed by atoms with E-state index >= 15 is 0 Å². The third-order valence-corrected chi connectivity index (χ3v) is 5.64. The van der Waals surface area contributed by atoms with Crippen molar-refractivity contribution >= 4 is 23.4 Å². The number of fused-ring (bicyclic) bond motifs is 1. The van der Waals surface area contributed by atoms with Gasteiger partial charge in [0.05, 0.1) is 11.6 Å². The van der Waals surface area contributed by atoms with Gasteiger partial charge < -0.3 is 5.32 Å². The summed E-state index contributed by atoms with van der Waals surface area (Å²) in [6.45, 7) is 1.11. The van der Waals surface area contributed by atoms with E-state index < -0.39 is 12.1 Å². The predicted molar refractivity (Wildman–Crippen MR) is 106 cm³/mol. The van der Waals surface area contributed by atoms with Gasteiger partial charge in [0, 0.05) is 30.9 Å². The molecule has 160 valence electrons. The van der Waals surface area contributed by atoms with Gasteiger partial charge in [0.2, 0.25) is 0 Å². The van der Waals surface area contributed by atoms with Gasteiger partial charge in [-0.25, -0.2) is 19.7 Å². The molecule has 1 fully saturated rings. The quantitative estimate of drug-likeness (QED) is 0.744. The number of amides is 2. The number of carbonyl (C=O) groups excluding carboxylic acids is 1. The summed E-state index contributed by atoms with van der Waals surface area (Å²) in [5, 5.41) is 5.97. The van der Waals surface area contributed by atoms with E-state index in [1.54, 1.807) is 12.1 Å². The van der Waals surface area contributed by atoms with Gasteiger partial charge in [-0.3, -0.25) is 10.2 Å². The van der Waals surface area contributed by atoms with Crippen LogP contribution in [0.4, 0.5) is 35.3 Å². The fraction of sp³-hybridized carbons (Fsp3) is 0.500. The molecule has 2 atom stereocenters. The Kier molecular flexibility index (Phi) is 5.74. The molecule has 0 radical (unpaired) electrons. The predicted octanol–water partition coefficient (Wildman–Crippen LogP) is 4.56. The van der Waals surface area contributed by atoms with E-state index in [2.05, 4.69) is 25.6 Å². The number of hydrogen-bond donors (Lipinski definition) is 2. The van der Waals surface area contributed by atoms with Crippen LogP contribution >= 0.6 is 0 Å². The lowest BCUT2D eigenvalue weighted by Crippen LogP contribution is -2.36. The molecule has 0 spiro atoms. The van der Waals surface area contributed by atoms with Crippen molar-refractivity contribution in [3.05, 3.63) is 36.4 Å². The lowest BCUT2D eigenvalue weighted by atomic mass is 9.79. The van der Waals surface area contributed by atoms with Crippen LogP contribution in [-0.4, -0.2) is 40.2 Å². The second-order valence-electron chi connectivity index (χ2n) is 7.67. The number of urea groups is 1. The van der Waals surface area contributed by atoms with Crippen molar-refractivity contribution in [1.29, 1.82) is 0 Å². The van der Waals surface area contributed by atoms with Crippen LogP contribution in [0.2, 0.25) is 0 Å². The molecule has 7 nitrogen and oxygen atoms in total. The monoisotopic (exact) mass is 420 g/mol. The summed E-state index contributed by atoms with van der Waals surface area (Å²) in [6.07, 6.45) is 0.775. The Morgan fingerprint density at radius 2 is 2.07 bits per heavy atom. The smallest absolute Gasteiger partial charge is 0.382 e. The maximum atomic E-state index is 13.2. The molecule has 2 aromatic rings. The number of carbonyl (C=O) groups is 1. The van der Waals surface area contributed by atoms with Gasteiger partial charge in [-0.05, 0) is 43.9 Å². The van der Waals surface area contributed by atoms with E-state index in [-0.39, 0.29) is 24.8 Å². The maximum absolute atomic E-state index is 13.2. The first-order valence-electron chi connectivity index (χ1n) is 10.1. The number of rotatable bonds is 2. The second kappa shape index (κ2) is 8.45. The van der Waals surface area contributed by atoms with Gasteiger partial charge in [0.15, 0.2) is 5.82 Å². The van der Waals surface area contributed by atoms with Gasteiger partial charge >= 0.3 is 12.2 Å². The molecule has 10 heteroatoms. The van der Waals surface area contributed by atoms with Crippen molar-refractivity contribution in [2.45, 2.75) is 44.2 Å². The molecule has 1 saturated carbocycles. The van der Waals surface area contributed by atoms with Crippen LogP contribution in [0, 0.1) is 5.92 Å². The number of halogens is 3. The average molecular weight is 420 g/mol. The maximum Gasteiger partial charge on any atom is 0.391 e. The molecule has 2 N–H and O–H groups in total. The van der Waals surface area contributed by atoms with Crippen molar-refractivity contribution in [3.8, 4) is 0 Å². The molecule has 1 aliphatic heterocycles. The van der Waals surface area contributed by atoms with Crippen LogP contribution in [-0.2, 0) is 0 Å². The summed E-state index contributed by atoms with van der Waals surface area (Å²) in [4.78, 5) is 26.9. The van der Waals surface area contributed by atoms with Gasteiger partial charge in [-0.2, -0.15) is 13.2 Å². The molecule has 0 aromatic carbocycles. The third-order valence-electron chi connectivity index (χ3n) is 5.64. The summed E-state index contributed by atoms with van der Waals surface area (Å²) in [7, 11) is 0. The number of hydrogen-bond acceptors (Lipinski definition) is 5. The first-order valence-corrected chi connectivity index (χ1v) is 10.1. The molecule has 2 amide bonds. The molecule has 0 bridgehead atoms. The topological polar surface area (TPSA) is 83.0 Å².